The Morgan fingerprint density at radius 3 is 2.73 bits per heavy atom. The number of aromatic nitrogens is 2. The highest BCUT2D eigenvalue weighted by Crippen LogP contribution is 2.16. The van der Waals surface area contributed by atoms with Crippen LogP contribution in [-0.2, 0) is 6.42 Å². The number of nitrogens with one attached hydrogen (secondary N) is 1. The van der Waals surface area contributed by atoms with Gasteiger partial charge < -0.3 is 10.7 Å². The van der Waals surface area contributed by atoms with Crippen LogP contribution in [0.25, 0.3) is 11.3 Å². The summed E-state index contributed by atoms with van der Waals surface area (Å²) in [6.07, 6.45) is 3.84. The zero-order valence-corrected chi connectivity index (χ0v) is 8.61. The molecule has 2 aromatic rings. The van der Waals surface area contributed by atoms with Crippen LogP contribution in [0.3, 0.4) is 0 Å². The maximum atomic E-state index is 5.45. The minimum Gasteiger partial charge on any atom is -0.348 e. The minimum atomic E-state index is 0.710. The van der Waals surface area contributed by atoms with Crippen molar-refractivity contribution in [3.8, 4) is 11.3 Å². The Kier molecular flexibility index (Phi) is 3.15. The molecule has 0 aliphatic heterocycles. The average Bonchev–Trinajstić information content (AvgIpc) is 2.76. The summed E-state index contributed by atoms with van der Waals surface area (Å²) in [5, 5.41) is 0. The van der Waals surface area contributed by atoms with E-state index in [1.165, 1.54) is 0 Å². The number of hydrogen-bond acceptors (Lipinski definition) is 2. The molecule has 0 saturated carbocycles. The van der Waals surface area contributed by atoms with E-state index >= 15 is 0 Å². The van der Waals surface area contributed by atoms with Gasteiger partial charge in [0.2, 0.25) is 0 Å². The first-order valence-electron chi connectivity index (χ1n) is 5.20. The highest BCUT2D eigenvalue weighted by atomic mass is 14.9. The van der Waals surface area contributed by atoms with Crippen molar-refractivity contribution in [2.24, 2.45) is 5.73 Å². The molecule has 2 rings (SSSR count). The van der Waals surface area contributed by atoms with Crippen molar-refractivity contribution < 1.29 is 0 Å². The molecule has 0 spiro atoms. The van der Waals surface area contributed by atoms with E-state index in [4.69, 9.17) is 5.73 Å². The lowest BCUT2D eigenvalue weighted by molar-refractivity contribution is 0.794. The van der Waals surface area contributed by atoms with Gasteiger partial charge in [-0.25, -0.2) is 4.98 Å². The monoisotopic (exact) mass is 201 g/mol. The van der Waals surface area contributed by atoms with Crippen LogP contribution in [0.5, 0.6) is 0 Å². The van der Waals surface area contributed by atoms with Gasteiger partial charge in [-0.2, -0.15) is 0 Å². The summed E-state index contributed by atoms with van der Waals surface area (Å²) in [6.45, 7) is 0.710. The summed E-state index contributed by atoms with van der Waals surface area (Å²) in [5.74, 6) is 1.01. The standard InChI is InChI=1S/C12H15N3/c13-8-4-7-12-14-9-11(15-12)10-5-2-1-3-6-10/h1-3,5-6,9H,4,7-8,13H2,(H,14,15). The molecule has 0 amide bonds. The Morgan fingerprint density at radius 1 is 1.20 bits per heavy atom. The third-order valence-corrected chi connectivity index (χ3v) is 2.32. The third-order valence-electron chi connectivity index (χ3n) is 2.32. The van der Waals surface area contributed by atoms with E-state index in [-0.39, 0.29) is 0 Å². The Labute approximate surface area is 89.4 Å². The molecule has 0 fully saturated rings. The first kappa shape index (κ1) is 9.93. The predicted octanol–water partition coefficient (Wildman–Crippen LogP) is 1.97. The Morgan fingerprint density at radius 2 is 2.00 bits per heavy atom. The summed E-state index contributed by atoms with van der Waals surface area (Å²) in [6, 6.07) is 10.2. The molecular formula is C12H15N3. The van der Waals surface area contributed by atoms with Gasteiger partial charge in [-0.15, -0.1) is 0 Å². The molecule has 0 radical (unpaired) electrons. The number of rotatable bonds is 4. The lowest BCUT2D eigenvalue weighted by atomic mass is 10.2. The largest absolute Gasteiger partial charge is 0.348 e. The molecule has 1 heterocycles. The minimum absolute atomic E-state index is 0.710. The van der Waals surface area contributed by atoms with Crippen LogP contribution in [0.2, 0.25) is 0 Å². The summed E-state index contributed by atoms with van der Waals surface area (Å²) >= 11 is 0. The molecule has 78 valence electrons. The SMILES string of the molecule is NCCCc1nc(-c2ccccc2)c[nH]1. The van der Waals surface area contributed by atoms with Gasteiger partial charge in [0.1, 0.15) is 5.82 Å². The van der Waals surface area contributed by atoms with Crippen molar-refractivity contribution in [3.63, 3.8) is 0 Å². The number of aryl methyl sites for hydroxylation is 1. The van der Waals surface area contributed by atoms with E-state index in [1.54, 1.807) is 0 Å². The van der Waals surface area contributed by atoms with Gasteiger partial charge in [0.05, 0.1) is 5.69 Å². The number of hydrogen-bond donors (Lipinski definition) is 2. The fourth-order valence-electron chi connectivity index (χ4n) is 1.52. The van der Waals surface area contributed by atoms with Crippen LogP contribution in [-0.4, -0.2) is 16.5 Å². The summed E-state index contributed by atoms with van der Waals surface area (Å²) in [4.78, 5) is 7.68. The zero-order chi connectivity index (χ0) is 10.5. The molecule has 15 heavy (non-hydrogen) atoms. The molecule has 0 aliphatic carbocycles. The normalized spacial score (nSPS) is 10.5. The zero-order valence-electron chi connectivity index (χ0n) is 8.61. The summed E-state index contributed by atoms with van der Waals surface area (Å²) in [5.41, 5.74) is 7.60. The Hall–Kier alpha value is -1.61. The molecule has 0 atom stereocenters. The molecular weight excluding hydrogens is 186 g/mol. The molecule has 3 nitrogen and oxygen atoms in total. The van der Waals surface area contributed by atoms with Crippen LogP contribution in [0, 0.1) is 0 Å². The fraction of sp³-hybridized carbons (Fsp3) is 0.250. The van der Waals surface area contributed by atoms with Crippen molar-refractivity contribution in [1.82, 2.24) is 9.97 Å². The van der Waals surface area contributed by atoms with Crippen molar-refractivity contribution in [2.75, 3.05) is 6.54 Å². The molecule has 0 saturated heterocycles. The second-order valence-electron chi connectivity index (χ2n) is 3.49. The number of benzene rings is 1. The molecule has 0 unspecified atom stereocenters. The maximum Gasteiger partial charge on any atom is 0.106 e. The lowest BCUT2D eigenvalue weighted by Crippen LogP contribution is -2.01. The first-order chi connectivity index (χ1) is 7.40. The van der Waals surface area contributed by atoms with E-state index < -0.39 is 0 Å². The second-order valence-corrected chi connectivity index (χ2v) is 3.49. The highest BCUT2D eigenvalue weighted by Gasteiger charge is 2.02. The number of H-pyrrole nitrogens is 1. The van der Waals surface area contributed by atoms with E-state index in [0.717, 1.165) is 29.9 Å². The maximum absolute atomic E-state index is 5.45. The lowest BCUT2D eigenvalue weighted by Gasteiger charge is -1.94. The van der Waals surface area contributed by atoms with Gasteiger partial charge >= 0.3 is 0 Å². The van der Waals surface area contributed by atoms with E-state index in [2.05, 4.69) is 22.1 Å². The molecule has 0 aliphatic rings. The number of nitrogens with two attached hydrogens (primary N) is 1. The van der Waals surface area contributed by atoms with Gasteiger partial charge in [-0.3, -0.25) is 0 Å². The number of aromatic amines is 1. The van der Waals surface area contributed by atoms with Crippen molar-refractivity contribution in [2.45, 2.75) is 12.8 Å². The van der Waals surface area contributed by atoms with Crippen LogP contribution in [0.1, 0.15) is 12.2 Å². The number of imidazole rings is 1. The summed E-state index contributed by atoms with van der Waals surface area (Å²) in [7, 11) is 0. The Balaban J connectivity index is 2.14. The van der Waals surface area contributed by atoms with Crippen LogP contribution in [0.15, 0.2) is 36.5 Å². The molecule has 3 N–H and O–H groups in total. The van der Waals surface area contributed by atoms with Crippen molar-refractivity contribution in [3.05, 3.63) is 42.4 Å². The highest BCUT2D eigenvalue weighted by molar-refractivity contribution is 5.57. The fourth-order valence-corrected chi connectivity index (χ4v) is 1.52. The topological polar surface area (TPSA) is 54.7 Å². The predicted molar refractivity (Wildman–Crippen MR) is 61.4 cm³/mol. The van der Waals surface area contributed by atoms with Crippen LogP contribution in [0.4, 0.5) is 0 Å². The van der Waals surface area contributed by atoms with Gasteiger partial charge in [-0.05, 0) is 13.0 Å². The average molecular weight is 201 g/mol. The van der Waals surface area contributed by atoms with Crippen LogP contribution < -0.4 is 5.73 Å². The smallest absolute Gasteiger partial charge is 0.106 e. The van der Waals surface area contributed by atoms with E-state index in [0.29, 0.717) is 6.54 Å². The second kappa shape index (κ2) is 4.75. The van der Waals surface area contributed by atoms with Gasteiger partial charge in [0.25, 0.3) is 0 Å². The van der Waals surface area contributed by atoms with Crippen molar-refractivity contribution in [1.29, 1.82) is 0 Å². The van der Waals surface area contributed by atoms with Gasteiger partial charge in [0.15, 0.2) is 0 Å². The molecule has 1 aromatic carbocycles. The van der Waals surface area contributed by atoms with Gasteiger partial charge in [-0.1, -0.05) is 30.3 Å². The quantitative estimate of drug-likeness (QED) is 0.794. The molecule has 0 bridgehead atoms. The third kappa shape index (κ3) is 2.44. The van der Waals surface area contributed by atoms with Gasteiger partial charge in [0, 0.05) is 18.2 Å². The molecule has 1 aromatic heterocycles. The Bertz CT molecular complexity index is 406. The molecule has 3 heteroatoms. The van der Waals surface area contributed by atoms with Crippen LogP contribution >= 0.6 is 0 Å². The van der Waals surface area contributed by atoms with Crippen molar-refractivity contribution >= 4 is 0 Å². The van der Waals surface area contributed by atoms with E-state index in [9.17, 15) is 0 Å². The van der Waals surface area contributed by atoms with E-state index in [1.807, 2.05) is 24.4 Å². The summed E-state index contributed by atoms with van der Waals surface area (Å²) < 4.78 is 0. The number of nitrogens with zero attached hydrogens (tertiary/aromatic N) is 1. The first-order valence-corrected chi connectivity index (χ1v) is 5.20.